The van der Waals surface area contributed by atoms with Crippen LogP contribution in [-0.4, -0.2) is 18.0 Å². The summed E-state index contributed by atoms with van der Waals surface area (Å²) < 4.78 is 5.87. The summed E-state index contributed by atoms with van der Waals surface area (Å²) in [5.74, 6) is 0. The van der Waals surface area contributed by atoms with Gasteiger partial charge in [-0.1, -0.05) is 0 Å². The van der Waals surface area contributed by atoms with Gasteiger partial charge in [0.2, 0.25) is 0 Å². The van der Waals surface area contributed by atoms with E-state index < -0.39 is 0 Å². The summed E-state index contributed by atoms with van der Waals surface area (Å²) in [7, 11) is 0. The smallest absolute Gasteiger partial charge is 0.126 e. The molecule has 0 aromatic rings. The molecule has 13 heavy (non-hydrogen) atoms. The molecular formula is C11H18O2. The third-order valence-electron chi connectivity index (χ3n) is 3.33. The standard InChI is InChI=1S/C11H18O2/c1-10(2)4-3-9(13-10)7-11(8-12)5-6-11/h8-9H,3-7H2,1-2H3. The quantitative estimate of drug-likeness (QED) is 0.626. The fourth-order valence-corrected chi connectivity index (χ4v) is 2.21. The molecule has 1 aliphatic carbocycles. The molecule has 0 bridgehead atoms. The van der Waals surface area contributed by atoms with Crippen LogP contribution in [0.1, 0.15) is 46.0 Å². The van der Waals surface area contributed by atoms with Crippen LogP contribution in [-0.2, 0) is 9.53 Å². The van der Waals surface area contributed by atoms with E-state index in [9.17, 15) is 4.79 Å². The molecule has 1 heterocycles. The van der Waals surface area contributed by atoms with Crippen molar-refractivity contribution in [3.63, 3.8) is 0 Å². The first kappa shape index (κ1) is 9.20. The first-order valence-electron chi connectivity index (χ1n) is 5.19. The van der Waals surface area contributed by atoms with E-state index in [0.717, 1.165) is 38.4 Å². The molecule has 1 saturated heterocycles. The van der Waals surface area contributed by atoms with Gasteiger partial charge in [-0.3, -0.25) is 0 Å². The van der Waals surface area contributed by atoms with E-state index in [2.05, 4.69) is 13.8 Å². The Balaban J connectivity index is 1.87. The topological polar surface area (TPSA) is 26.3 Å². The van der Waals surface area contributed by atoms with Crippen molar-refractivity contribution >= 4 is 6.29 Å². The van der Waals surface area contributed by atoms with Crippen molar-refractivity contribution in [1.82, 2.24) is 0 Å². The van der Waals surface area contributed by atoms with E-state index in [4.69, 9.17) is 4.74 Å². The number of carbonyl (C=O) groups is 1. The highest BCUT2D eigenvalue weighted by molar-refractivity contribution is 5.63. The maximum absolute atomic E-state index is 10.8. The van der Waals surface area contributed by atoms with Crippen LogP contribution in [0.15, 0.2) is 0 Å². The summed E-state index contributed by atoms with van der Waals surface area (Å²) in [5.41, 5.74) is 0.0642. The van der Waals surface area contributed by atoms with Crippen molar-refractivity contribution in [3.8, 4) is 0 Å². The Kier molecular flexibility index (Phi) is 1.99. The average molecular weight is 182 g/mol. The Morgan fingerprint density at radius 1 is 1.38 bits per heavy atom. The monoisotopic (exact) mass is 182 g/mol. The lowest BCUT2D eigenvalue weighted by molar-refractivity contribution is -0.114. The van der Waals surface area contributed by atoms with E-state index in [1.165, 1.54) is 0 Å². The number of hydrogen-bond acceptors (Lipinski definition) is 2. The fraction of sp³-hybridized carbons (Fsp3) is 0.909. The van der Waals surface area contributed by atoms with E-state index in [-0.39, 0.29) is 11.0 Å². The molecule has 0 aromatic heterocycles. The molecule has 1 unspecified atom stereocenters. The summed E-state index contributed by atoms with van der Waals surface area (Å²) in [5, 5.41) is 0. The zero-order valence-electron chi connectivity index (χ0n) is 8.51. The molecule has 0 amide bonds. The van der Waals surface area contributed by atoms with Crippen molar-refractivity contribution in [2.45, 2.75) is 57.7 Å². The lowest BCUT2D eigenvalue weighted by atomic mass is 9.97. The van der Waals surface area contributed by atoms with Crippen molar-refractivity contribution < 1.29 is 9.53 Å². The van der Waals surface area contributed by atoms with Gasteiger partial charge in [-0.2, -0.15) is 0 Å². The second kappa shape index (κ2) is 2.81. The van der Waals surface area contributed by atoms with Crippen molar-refractivity contribution in [3.05, 3.63) is 0 Å². The summed E-state index contributed by atoms with van der Waals surface area (Å²) >= 11 is 0. The predicted octanol–water partition coefficient (Wildman–Crippen LogP) is 2.31. The van der Waals surface area contributed by atoms with Crippen molar-refractivity contribution in [1.29, 1.82) is 0 Å². The van der Waals surface area contributed by atoms with E-state index >= 15 is 0 Å². The maximum Gasteiger partial charge on any atom is 0.126 e. The molecule has 74 valence electrons. The van der Waals surface area contributed by atoms with Crippen LogP contribution in [0.4, 0.5) is 0 Å². The Morgan fingerprint density at radius 2 is 2.08 bits per heavy atom. The Morgan fingerprint density at radius 3 is 2.46 bits per heavy atom. The lowest BCUT2D eigenvalue weighted by Gasteiger charge is -2.20. The van der Waals surface area contributed by atoms with Gasteiger partial charge in [-0.25, -0.2) is 0 Å². The predicted molar refractivity (Wildman–Crippen MR) is 50.5 cm³/mol. The zero-order chi connectivity index (χ0) is 9.53. The molecular weight excluding hydrogens is 164 g/mol. The van der Waals surface area contributed by atoms with Gasteiger partial charge < -0.3 is 9.53 Å². The van der Waals surface area contributed by atoms with Gasteiger partial charge in [0, 0.05) is 5.41 Å². The van der Waals surface area contributed by atoms with Gasteiger partial charge in [0.15, 0.2) is 0 Å². The van der Waals surface area contributed by atoms with E-state index in [1.54, 1.807) is 0 Å². The van der Waals surface area contributed by atoms with Gasteiger partial charge >= 0.3 is 0 Å². The molecule has 2 aliphatic rings. The largest absolute Gasteiger partial charge is 0.372 e. The fourth-order valence-electron chi connectivity index (χ4n) is 2.21. The van der Waals surface area contributed by atoms with Gasteiger partial charge in [0.05, 0.1) is 11.7 Å². The zero-order valence-corrected chi connectivity index (χ0v) is 8.51. The van der Waals surface area contributed by atoms with Crippen LogP contribution < -0.4 is 0 Å². The SMILES string of the molecule is CC1(C)CCC(CC2(C=O)CC2)O1. The number of carbonyl (C=O) groups excluding carboxylic acids is 1. The minimum atomic E-state index is 0.0189. The highest BCUT2D eigenvalue weighted by Gasteiger charge is 2.46. The molecule has 1 aliphatic heterocycles. The third-order valence-corrected chi connectivity index (χ3v) is 3.33. The summed E-state index contributed by atoms with van der Waals surface area (Å²) in [6, 6.07) is 0. The van der Waals surface area contributed by atoms with Gasteiger partial charge in [0.25, 0.3) is 0 Å². The van der Waals surface area contributed by atoms with Gasteiger partial charge in [-0.05, 0) is 46.0 Å². The highest BCUT2D eigenvalue weighted by Crippen LogP contribution is 2.50. The minimum Gasteiger partial charge on any atom is -0.372 e. The summed E-state index contributed by atoms with van der Waals surface area (Å²) in [6.45, 7) is 4.26. The van der Waals surface area contributed by atoms with Crippen LogP contribution in [0.2, 0.25) is 0 Å². The summed E-state index contributed by atoms with van der Waals surface area (Å²) in [4.78, 5) is 10.8. The van der Waals surface area contributed by atoms with E-state index in [1.807, 2.05) is 0 Å². The lowest BCUT2D eigenvalue weighted by Crippen LogP contribution is -2.22. The average Bonchev–Trinajstić information content (AvgIpc) is 2.74. The van der Waals surface area contributed by atoms with Crippen LogP contribution in [0, 0.1) is 5.41 Å². The molecule has 2 nitrogen and oxygen atoms in total. The number of ether oxygens (including phenoxy) is 1. The Bertz CT molecular complexity index is 216. The molecule has 2 heteroatoms. The van der Waals surface area contributed by atoms with E-state index in [0.29, 0.717) is 6.10 Å². The molecule has 1 saturated carbocycles. The number of rotatable bonds is 3. The minimum absolute atomic E-state index is 0.0189. The molecule has 0 N–H and O–H groups in total. The van der Waals surface area contributed by atoms with Crippen LogP contribution in [0.5, 0.6) is 0 Å². The molecule has 2 rings (SSSR count). The van der Waals surface area contributed by atoms with Crippen molar-refractivity contribution in [2.24, 2.45) is 5.41 Å². The Hall–Kier alpha value is -0.370. The van der Waals surface area contributed by atoms with Crippen LogP contribution >= 0.6 is 0 Å². The summed E-state index contributed by atoms with van der Waals surface area (Å²) in [6.07, 6.45) is 6.85. The first-order chi connectivity index (χ1) is 6.05. The molecule has 2 fully saturated rings. The first-order valence-corrected chi connectivity index (χ1v) is 5.19. The van der Waals surface area contributed by atoms with Crippen molar-refractivity contribution in [2.75, 3.05) is 0 Å². The maximum atomic E-state index is 10.8. The molecule has 0 aromatic carbocycles. The molecule has 0 spiro atoms. The van der Waals surface area contributed by atoms with Crippen LogP contribution in [0.3, 0.4) is 0 Å². The van der Waals surface area contributed by atoms with Crippen LogP contribution in [0.25, 0.3) is 0 Å². The Labute approximate surface area is 79.7 Å². The third kappa shape index (κ3) is 1.93. The van der Waals surface area contributed by atoms with Gasteiger partial charge in [0.1, 0.15) is 6.29 Å². The molecule has 1 atom stereocenters. The van der Waals surface area contributed by atoms with Gasteiger partial charge in [-0.15, -0.1) is 0 Å². The second-order valence-corrected chi connectivity index (χ2v) is 5.22. The highest BCUT2D eigenvalue weighted by atomic mass is 16.5. The number of aldehydes is 1. The normalized spacial score (nSPS) is 34.5. The second-order valence-electron chi connectivity index (χ2n) is 5.22. The molecule has 0 radical (unpaired) electrons. The number of hydrogen-bond donors (Lipinski definition) is 0.